The summed E-state index contributed by atoms with van der Waals surface area (Å²) < 4.78 is 11.5. The SMILES string of the molecule is CCOC(=O)N1CCC(NC(=O)C2CCN(c3nc4ccc(OC)cc4s3)CC2)CC1. The van der Waals surface area contributed by atoms with Gasteiger partial charge in [-0.3, -0.25) is 4.79 Å². The molecule has 0 radical (unpaired) electrons. The first kappa shape index (κ1) is 21.7. The van der Waals surface area contributed by atoms with Crippen molar-refractivity contribution in [1.29, 1.82) is 0 Å². The molecular weight excluding hydrogens is 416 g/mol. The van der Waals surface area contributed by atoms with E-state index in [-0.39, 0.29) is 24.0 Å². The number of hydrogen-bond acceptors (Lipinski definition) is 7. The van der Waals surface area contributed by atoms with Crippen LogP contribution in [0.4, 0.5) is 9.93 Å². The van der Waals surface area contributed by atoms with Gasteiger partial charge in [-0.25, -0.2) is 9.78 Å². The Hall–Kier alpha value is -2.55. The number of nitrogens with zero attached hydrogens (tertiary/aromatic N) is 3. The summed E-state index contributed by atoms with van der Waals surface area (Å²) in [4.78, 5) is 33.3. The molecule has 2 aliphatic rings. The highest BCUT2D eigenvalue weighted by Gasteiger charge is 2.30. The molecule has 4 rings (SSSR count). The molecule has 0 unspecified atom stereocenters. The van der Waals surface area contributed by atoms with Crippen molar-refractivity contribution in [2.75, 3.05) is 44.8 Å². The van der Waals surface area contributed by atoms with Gasteiger partial charge >= 0.3 is 6.09 Å². The summed E-state index contributed by atoms with van der Waals surface area (Å²) in [6.45, 7) is 5.12. The van der Waals surface area contributed by atoms with Crippen molar-refractivity contribution in [2.45, 2.75) is 38.6 Å². The Balaban J connectivity index is 1.25. The van der Waals surface area contributed by atoms with Gasteiger partial charge in [-0.2, -0.15) is 0 Å². The third-order valence-electron chi connectivity index (χ3n) is 6.09. The van der Waals surface area contributed by atoms with E-state index in [2.05, 4.69) is 10.2 Å². The number of ether oxygens (including phenoxy) is 2. The number of carbonyl (C=O) groups excluding carboxylic acids is 2. The Bertz CT molecular complexity index is 917. The van der Waals surface area contributed by atoms with Crippen LogP contribution in [0.15, 0.2) is 18.2 Å². The van der Waals surface area contributed by atoms with Gasteiger partial charge in [-0.05, 0) is 50.8 Å². The molecule has 1 aromatic heterocycles. The van der Waals surface area contributed by atoms with Crippen molar-refractivity contribution >= 4 is 38.7 Å². The molecule has 2 aromatic rings. The van der Waals surface area contributed by atoms with E-state index in [0.29, 0.717) is 19.7 Å². The normalized spacial score (nSPS) is 18.3. The lowest BCUT2D eigenvalue weighted by atomic mass is 9.95. The minimum Gasteiger partial charge on any atom is -0.497 e. The zero-order valence-corrected chi connectivity index (χ0v) is 19.0. The number of benzene rings is 1. The van der Waals surface area contributed by atoms with Crippen LogP contribution in [0.25, 0.3) is 10.2 Å². The minimum absolute atomic E-state index is 0.0359. The van der Waals surface area contributed by atoms with Crippen molar-refractivity contribution in [3.8, 4) is 5.75 Å². The Morgan fingerprint density at radius 2 is 1.90 bits per heavy atom. The summed E-state index contributed by atoms with van der Waals surface area (Å²) in [7, 11) is 1.67. The summed E-state index contributed by atoms with van der Waals surface area (Å²) in [6, 6.07) is 6.07. The summed E-state index contributed by atoms with van der Waals surface area (Å²) in [5, 5.41) is 4.21. The number of fused-ring (bicyclic) bond motifs is 1. The molecule has 0 saturated carbocycles. The van der Waals surface area contributed by atoms with Gasteiger partial charge in [-0.1, -0.05) is 11.3 Å². The summed E-state index contributed by atoms with van der Waals surface area (Å²) in [6.07, 6.45) is 2.95. The fraction of sp³-hybridized carbons (Fsp3) is 0.591. The van der Waals surface area contributed by atoms with Gasteiger partial charge in [0.25, 0.3) is 0 Å². The Kier molecular flexibility index (Phi) is 6.80. The predicted molar refractivity (Wildman–Crippen MR) is 121 cm³/mol. The maximum Gasteiger partial charge on any atom is 0.409 e. The van der Waals surface area contributed by atoms with Crippen molar-refractivity contribution < 1.29 is 19.1 Å². The second-order valence-corrected chi connectivity index (χ2v) is 9.07. The molecule has 8 nitrogen and oxygen atoms in total. The number of nitrogens with one attached hydrogen (secondary N) is 1. The molecule has 1 aromatic carbocycles. The van der Waals surface area contributed by atoms with Crippen molar-refractivity contribution in [3.63, 3.8) is 0 Å². The second-order valence-electron chi connectivity index (χ2n) is 8.06. The molecule has 9 heteroatoms. The topological polar surface area (TPSA) is 84.0 Å². The largest absolute Gasteiger partial charge is 0.497 e. The molecular formula is C22H30N4O4S. The van der Waals surface area contributed by atoms with Crippen molar-refractivity contribution in [1.82, 2.24) is 15.2 Å². The standard InChI is InChI=1S/C22H30N4O4S/c1-3-30-22(28)26-12-8-16(9-13-26)23-20(27)15-6-10-25(11-7-15)21-24-18-5-4-17(29-2)14-19(18)31-21/h4-5,14-16H,3,6-13H2,1-2H3,(H,23,27). The number of piperidine rings is 2. The third-order valence-corrected chi connectivity index (χ3v) is 7.17. The monoisotopic (exact) mass is 446 g/mol. The van der Waals surface area contributed by atoms with E-state index in [4.69, 9.17) is 14.5 Å². The predicted octanol–water partition coefficient (Wildman–Crippen LogP) is 3.26. The van der Waals surface area contributed by atoms with Crippen molar-refractivity contribution in [3.05, 3.63) is 18.2 Å². The van der Waals surface area contributed by atoms with E-state index in [1.165, 1.54) is 0 Å². The zero-order valence-electron chi connectivity index (χ0n) is 18.1. The van der Waals surface area contributed by atoms with E-state index >= 15 is 0 Å². The van der Waals surface area contributed by atoms with Crippen LogP contribution < -0.4 is 15.0 Å². The number of methoxy groups -OCH3 is 1. The van der Waals surface area contributed by atoms with Gasteiger partial charge < -0.3 is 24.6 Å². The van der Waals surface area contributed by atoms with E-state index in [9.17, 15) is 9.59 Å². The highest BCUT2D eigenvalue weighted by atomic mass is 32.1. The van der Waals surface area contributed by atoms with Crippen LogP contribution in [-0.4, -0.2) is 67.8 Å². The minimum atomic E-state index is -0.257. The highest BCUT2D eigenvalue weighted by molar-refractivity contribution is 7.22. The second kappa shape index (κ2) is 9.72. The van der Waals surface area contributed by atoms with E-state index < -0.39 is 0 Å². The molecule has 0 atom stereocenters. The number of aromatic nitrogens is 1. The van der Waals surface area contributed by atoms with Crippen LogP contribution >= 0.6 is 11.3 Å². The van der Waals surface area contributed by atoms with E-state index in [0.717, 1.165) is 59.9 Å². The molecule has 0 aliphatic carbocycles. The smallest absolute Gasteiger partial charge is 0.409 e. The molecule has 31 heavy (non-hydrogen) atoms. The first-order chi connectivity index (χ1) is 15.1. The van der Waals surface area contributed by atoms with Crippen LogP contribution in [0, 0.1) is 5.92 Å². The summed E-state index contributed by atoms with van der Waals surface area (Å²) in [5.41, 5.74) is 0.981. The quantitative estimate of drug-likeness (QED) is 0.759. The summed E-state index contributed by atoms with van der Waals surface area (Å²) in [5.74, 6) is 1.02. The fourth-order valence-electron chi connectivity index (χ4n) is 4.23. The van der Waals surface area contributed by atoms with Crippen LogP contribution in [0.5, 0.6) is 5.75 Å². The number of anilines is 1. The number of amides is 2. The molecule has 168 valence electrons. The third kappa shape index (κ3) is 5.03. The molecule has 2 saturated heterocycles. The molecule has 3 heterocycles. The van der Waals surface area contributed by atoms with Crippen LogP contribution in [0.3, 0.4) is 0 Å². The van der Waals surface area contributed by atoms with Gasteiger partial charge in [0.1, 0.15) is 5.75 Å². The Morgan fingerprint density at radius 1 is 1.16 bits per heavy atom. The summed E-state index contributed by atoms with van der Waals surface area (Å²) >= 11 is 1.67. The van der Waals surface area contributed by atoms with Crippen LogP contribution in [0.1, 0.15) is 32.6 Å². The molecule has 2 amide bonds. The van der Waals surface area contributed by atoms with E-state index in [1.54, 1.807) is 23.3 Å². The molecule has 0 spiro atoms. The first-order valence-electron chi connectivity index (χ1n) is 11.0. The van der Waals surface area contributed by atoms with Crippen molar-refractivity contribution in [2.24, 2.45) is 5.92 Å². The Morgan fingerprint density at radius 3 is 2.58 bits per heavy atom. The molecule has 1 N–H and O–H groups in total. The van der Waals surface area contributed by atoms with Crippen LogP contribution in [-0.2, 0) is 9.53 Å². The van der Waals surface area contributed by atoms with Gasteiger partial charge in [-0.15, -0.1) is 0 Å². The average molecular weight is 447 g/mol. The van der Waals surface area contributed by atoms with E-state index in [1.807, 2.05) is 25.1 Å². The lowest BCUT2D eigenvalue weighted by Crippen LogP contribution is -2.49. The lowest BCUT2D eigenvalue weighted by Gasteiger charge is -2.34. The number of thiazole rings is 1. The van der Waals surface area contributed by atoms with Gasteiger partial charge in [0.15, 0.2) is 5.13 Å². The average Bonchev–Trinajstić information content (AvgIpc) is 3.23. The number of likely N-dealkylation sites (tertiary alicyclic amines) is 1. The zero-order chi connectivity index (χ0) is 21.8. The fourth-order valence-corrected chi connectivity index (χ4v) is 5.27. The number of rotatable bonds is 5. The number of carbonyl (C=O) groups is 2. The first-order valence-corrected chi connectivity index (χ1v) is 11.8. The van der Waals surface area contributed by atoms with Gasteiger partial charge in [0.05, 0.1) is 23.9 Å². The van der Waals surface area contributed by atoms with Crippen LogP contribution in [0.2, 0.25) is 0 Å². The Labute approximate surface area is 186 Å². The molecule has 0 bridgehead atoms. The van der Waals surface area contributed by atoms with Gasteiger partial charge in [0.2, 0.25) is 5.91 Å². The highest BCUT2D eigenvalue weighted by Crippen LogP contribution is 2.33. The lowest BCUT2D eigenvalue weighted by molar-refractivity contribution is -0.126. The van der Waals surface area contributed by atoms with Gasteiger partial charge in [0, 0.05) is 38.1 Å². The maximum absolute atomic E-state index is 12.8. The molecule has 2 fully saturated rings. The number of hydrogen-bond donors (Lipinski definition) is 1. The maximum atomic E-state index is 12.8. The molecule has 2 aliphatic heterocycles.